The highest BCUT2D eigenvalue weighted by atomic mass is 16.6. The highest BCUT2D eigenvalue weighted by Crippen LogP contribution is 2.13. The third kappa shape index (κ3) is 45.1. The molecular weight excluding hydrogens is 392 g/mol. The third-order valence-electron chi connectivity index (χ3n) is 4.35. The normalized spacial score (nSPS) is 10.8. The van der Waals surface area contributed by atoms with Crippen molar-refractivity contribution in [2.24, 2.45) is 0 Å². The van der Waals surface area contributed by atoms with Crippen LogP contribution in [0.2, 0.25) is 0 Å². The standard InChI is InChI=1S/C18H36O2.C3H6O3.CH2O3/c1-2-3-4-5-6-7-8-9-10-11-12-13-14-15-16-17-18(19)20;1-2(4)3(5)6;2-1(3)4/h2-17H2,1H3,(H,19,20);2,4H,1H3,(H,5,6);(H2,2,3,4). The molecule has 0 rings (SSSR count). The van der Waals surface area contributed by atoms with Gasteiger partial charge in [0.1, 0.15) is 6.10 Å². The predicted molar refractivity (Wildman–Crippen MR) is 117 cm³/mol. The summed E-state index contributed by atoms with van der Waals surface area (Å²) in [5, 5.41) is 38.2. The smallest absolute Gasteiger partial charge is 0.481 e. The fourth-order valence-corrected chi connectivity index (χ4v) is 2.65. The Morgan fingerprint density at radius 2 is 0.833 bits per heavy atom. The minimum absolute atomic E-state index is 0.345. The Bertz CT molecular complexity index is 393. The fraction of sp³-hybridized carbons (Fsp3) is 0.864. The van der Waals surface area contributed by atoms with E-state index < -0.39 is 24.2 Å². The van der Waals surface area contributed by atoms with E-state index >= 15 is 0 Å². The van der Waals surface area contributed by atoms with Gasteiger partial charge in [-0.25, -0.2) is 9.59 Å². The van der Waals surface area contributed by atoms with Crippen molar-refractivity contribution in [2.45, 2.75) is 123 Å². The number of aliphatic hydroxyl groups is 1. The molecule has 0 aromatic rings. The summed E-state index contributed by atoms with van der Waals surface area (Å²) in [4.78, 5) is 28.3. The largest absolute Gasteiger partial charge is 0.503 e. The van der Waals surface area contributed by atoms with Crippen molar-refractivity contribution in [3.8, 4) is 0 Å². The van der Waals surface area contributed by atoms with Gasteiger partial charge < -0.3 is 25.5 Å². The number of carboxylic acids is 2. The van der Waals surface area contributed by atoms with Crippen molar-refractivity contribution in [1.29, 1.82) is 0 Å². The molecule has 0 aliphatic rings. The molecule has 1 unspecified atom stereocenters. The third-order valence-corrected chi connectivity index (χ3v) is 4.35. The van der Waals surface area contributed by atoms with Gasteiger partial charge in [-0.2, -0.15) is 0 Å². The Morgan fingerprint density at radius 3 is 1.03 bits per heavy atom. The van der Waals surface area contributed by atoms with Gasteiger partial charge in [0.15, 0.2) is 0 Å². The highest BCUT2D eigenvalue weighted by molar-refractivity contribution is 5.71. The maximum Gasteiger partial charge on any atom is 0.503 e. The zero-order valence-electron chi connectivity index (χ0n) is 18.9. The molecule has 0 aliphatic heterocycles. The van der Waals surface area contributed by atoms with Gasteiger partial charge in [0.25, 0.3) is 0 Å². The molecule has 180 valence electrons. The number of rotatable bonds is 17. The van der Waals surface area contributed by atoms with Crippen LogP contribution in [-0.4, -0.2) is 49.7 Å². The first kappa shape index (κ1) is 32.8. The summed E-state index contributed by atoms with van der Waals surface area (Å²) < 4.78 is 0. The Kier molecular flexibility index (Phi) is 29.7. The molecule has 5 N–H and O–H groups in total. The lowest BCUT2D eigenvalue weighted by molar-refractivity contribution is -0.145. The monoisotopic (exact) mass is 436 g/mol. The van der Waals surface area contributed by atoms with Crippen LogP contribution in [0.3, 0.4) is 0 Å². The van der Waals surface area contributed by atoms with Crippen molar-refractivity contribution in [1.82, 2.24) is 0 Å². The minimum atomic E-state index is -1.83. The Balaban J connectivity index is -0.000000600. The topological polar surface area (TPSA) is 152 Å². The second kappa shape index (κ2) is 27.2. The second-order valence-corrected chi connectivity index (χ2v) is 7.39. The van der Waals surface area contributed by atoms with Gasteiger partial charge >= 0.3 is 18.1 Å². The van der Waals surface area contributed by atoms with E-state index in [2.05, 4.69) is 6.92 Å². The number of aliphatic hydroxyl groups excluding tert-OH is 1. The summed E-state index contributed by atoms with van der Waals surface area (Å²) in [6.07, 6.45) is 17.1. The Morgan fingerprint density at radius 1 is 0.600 bits per heavy atom. The number of carboxylic acid groups (broad SMARTS) is 4. The van der Waals surface area contributed by atoms with E-state index in [-0.39, 0.29) is 0 Å². The first-order chi connectivity index (χ1) is 14.1. The first-order valence-electron chi connectivity index (χ1n) is 11.2. The van der Waals surface area contributed by atoms with Gasteiger partial charge in [0, 0.05) is 6.42 Å². The average molecular weight is 437 g/mol. The minimum Gasteiger partial charge on any atom is -0.481 e. The second-order valence-electron chi connectivity index (χ2n) is 7.39. The summed E-state index contributed by atoms with van der Waals surface area (Å²) in [6.45, 7) is 3.47. The molecule has 0 radical (unpaired) electrons. The lowest BCUT2D eigenvalue weighted by Gasteiger charge is -2.03. The van der Waals surface area contributed by atoms with E-state index in [1.807, 2.05) is 0 Å². The summed E-state index contributed by atoms with van der Waals surface area (Å²) in [6, 6.07) is 0. The van der Waals surface area contributed by atoms with E-state index in [1.54, 1.807) is 0 Å². The zero-order chi connectivity index (χ0) is 23.6. The van der Waals surface area contributed by atoms with Crippen molar-refractivity contribution < 1.29 is 39.9 Å². The molecule has 30 heavy (non-hydrogen) atoms. The lowest BCUT2D eigenvalue weighted by Crippen LogP contribution is -2.13. The van der Waals surface area contributed by atoms with Crippen LogP contribution in [-0.2, 0) is 9.59 Å². The summed E-state index contributed by atoms with van der Waals surface area (Å²) in [5.41, 5.74) is 0. The van der Waals surface area contributed by atoms with Crippen molar-refractivity contribution in [3.63, 3.8) is 0 Å². The molecule has 0 aromatic heterocycles. The first-order valence-corrected chi connectivity index (χ1v) is 11.2. The molecule has 0 fully saturated rings. The highest BCUT2D eigenvalue weighted by Gasteiger charge is 2.01. The predicted octanol–water partition coefficient (Wildman–Crippen LogP) is 6.01. The quantitative estimate of drug-likeness (QED) is 0.174. The Labute approximate surface area is 181 Å². The number of carbonyl (C=O) groups is 3. The zero-order valence-corrected chi connectivity index (χ0v) is 18.9. The summed E-state index contributed by atoms with van der Waals surface area (Å²) in [5.74, 6) is -1.84. The Hall–Kier alpha value is -1.83. The molecule has 0 heterocycles. The average Bonchev–Trinajstić information content (AvgIpc) is 2.64. The van der Waals surface area contributed by atoms with Gasteiger partial charge in [-0.15, -0.1) is 0 Å². The summed E-state index contributed by atoms with van der Waals surface area (Å²) >= 11 is 0. The van der Waals surface area contributed by atoms with Crippen LogP contribution in [0.1, 0.15) is 117 Å². The maximum absolute atomic E-state index is 10.3. The molecule has 0 bridgehead atoms. The molecular formula is C22H44O8. The number of unbranched alkanes of at least 4 members (excludes halogenated alkanes) is 14. The van der Waals surface area contributed by atoms with Crippen LogP contribution in [0.4, 0.5) is 4.79 Å². The van der Waals surface area contributed by atoms with Crippen LogP contribution < -0.4 is 0 Å². The fourth-order valence-electron chi connectivity index (χ4n) is 2.65. The van der Waals surface area contributed by atoms with Crippen molar-refractivity contribution in [3.05, 3.63) is 0 Å². The van der Waals surface area contributed by atoms with Crippen LogP contribution in [0.15, 0.2) is 0 Å². The summed E-state index contributed by atoms with van der Waals surface area (Å²) in [7, 11) is 0. The maximum atomic E-state index is 10.3. The van der Waals surface area contributed by atoms with E-state index in [1.165, 1.54) is 90.4 Å². The van der Waals surface area contributed by atoms with Crippen LogP contribution in [0.25, 0.3) is 0 Å². The van der Waals surface area contributed by atoms with Gasteiger partial charge in [0.2, 0.25) is 0 Å². The van der Waals surface area contributed by atoms with E-state index in [4.69, 9.17) is 30.3 Å². The van der Waals surface area contributed by atoms with Gasteiger partial charge in [0.05, 0.1) is 0 Å². The molecule has 0 spiro atoms. The number of aliphatic carboxylic acids is 2. The van der Waals surface area contributed by atoms with Crippen LogP contribution >= 0.6 is 0 Å². The molecule has 0 amide bonds. The molecule has 0 aliphatic carbocycles. The molecule has 1 atom stereocenters. The van der Waals surface area contributed by atoms with E-state index in [0.29, 0.717) is 6.42 Å². The van der Waals surface area contributed by atoms with Crippen LogP contribution in [0.5, 0.6) is 0 Å². The number of hydrogen-bond donors (Lipinski definition) is 5. The van der Waals surface area contributed by atoms with Gasteiger partial charge in [-0.3, -0.25) is 4.79 Å². The van der Waals surface area contributed by atoms with Gasteiger partial charge in [-0.1, -0.05) is 96.8 Å². The van der Waals surface area contributed by atoms with E-state index in [0.717, 1.165) is 12.8 Å². The number of hydrogen-bond acceptors (Lipinski definition) is 4. The lowest BCUT2D eigenvalue weighted by atomic mass is 10.0. The SMILES string of the molecule is CC(O)C(=O)O.CCCCCCCCCCCCCCCCCC(=O)O.O=C(O)O. The molecule has 0 saturated carbocycles. The molecule has 0 aromatic carbocycles. The molecule has 8 nitrogen and oxygen atoms in total. The van der Waals surface area contributed by atoms with E-state index in [9.17, 15) is 9.59 Å². The van der Waals surface area contributed by atoms with Crippen LogP contribution in [0, 0.1) is 0 Å². The molecule has 0 saturated heterocycles. The van der Waals surface area contributed by atoms with Crippen molar-refractivity contribution >= 4 is 18.1 Å². The molecule has 8 heteroatoms. The van der Waals surface area contributed by atoms with Crippen molar-refractivity contribution in [2.75, 3.05) is 0 Å². The van der Waals surface area contributed by atoms with Gasteiger partial charge in [-0.05, 0) is 13.3 Å².